The highest BCUT2D eigenvalue weighted by Crippen LogP contribution is 2.46. The van der Waals surface area contributed by atoms with Gasteiger partial charge in [-0.3, -0.25) is 0 Å². The van der Waals surface area contributed by atoms with Gasteiger partial charge in [0.25, 0.3) is 0 Å². The first-order valence-corrected chi connectivity index (χ1v) is 6.94. The summed E-state index contributed by atoms with van der Waals surface area (Å²) in [7, 11) is 0. The molecule has 0 fully saturated rings. The zero-order chi connectivity index (χ0) is 13.6. The molecule has 0 unspecified atom stereocenters. The summed E-state index contributed by atoms with van der Waals surface area (Å²) in [6, 6.07) is 2.17. The molecule has 0 aromatic heterocycles. The molecule has 2 aliphatic heterocycles. The predicted molar refractivity (Wildman–Crippen MR) is 69.6 cm³/mol. The van der Waals surface area contributed by atoms with Crippen molar-refractivity contribution in [3.05, 3.63) is 33.9 Å². The maximum absolute atomic E-state index is 10.5. The van der Waals surface area contributed by atoms with E-state index < -0.39 is 18.5 Å². The summed E-state index contributed by atoms with van der Waals surface area (Å²) in [6.45, 7) is 4.54. The van der Waals surface area contributed by atoms with Crippen molar-refractivity contribution in [3.8, 4) is 0 Å². The Labute approximate surface area is 113 Å². The summed E-state index contributed by atoms with van der Waals surface area (Å²) < 4.78 is 11.3. The zero-order valence-electron chi connectivity index (χ0n) is 11.3. The van der Waals surface area contributed by atoms with Crippen LogP contribution in [0.3, 0.4) is 0 Å². The molecule has 0 saturated heterocycles. The first-order valence-electron chi connectivity index (χ1n) is 6.94. The van der Waals surface area contributed by atoms with E-state index in [0.29, 0.717) is 6.61 Å². The second-order valence-corrected chi connectivity index (χ2v) is 5.15. The summed E-state index contributed by atoms with van der Waals surface area (Å²) >= 11 is 0. The average Bonchev–Trinajstić information content (AvgIpc) is 2.84. The van der Waals surface area contributed by atoms with E-state index in [1.165, 1.54) is 11.1 Å². The van der Waals surface area contributed by atoms with E-state index in [2.05, 4.69) is 19.9 Å². The van der Waals surface area contributed by atoms with Gasteiger partial charge >= 0.3 is 0 Å². The fourth-order valence-corrected chi connectivity index (χ4v) is 3.27. The molecular weight excluding hydrogens is 244 g/mol. The van der Waals surface area contributed by atoms with Crippen LogP contribution >= 0.6 is 0 Å². The minimum absolute atomic E-state index is 0.199. The minimum atomic E-state index is -0.766. The minimum Gasteiger partial charge on any atom is -0.394 e. The number of aliphatic hydroxyl groups excluding tert-OH is 2. The lowest BCUT2D eigenvalue weighted by Gasteiger charge is -2.34. The summed E-state index contributed by atoms with van der Waals surface area (Å²) in [5.41, 5.74) is 5.49. The molecule has 0 radical (unpaired) electrons. The number of hydrogen-bond acceptors (Lipinski definition) is 4. The monoisotopic (exact) mass is 264 g/mol. The van der Waals surface area contributed by atoms with Crippen molar-refractivity contribution in [2.24, 2.45) is 0 Å². The molecule has 104 valence electrons. The van der Waals surface area contributed by atoms with Crippen molar-refractivity contribution in [2.45, 2.75) is 51.8 Å². The molecule has 3 atom stereocenters. The van der Waals surface area contributed by atoms with E-state index in [4.69, 9.17) is 9.47 Å². The van der Waals surface area contributed by atoms with Crippen molar-refractivity contribution in [1.82, 2.24) is 0 Å². The van der Waals surface area contributed by atoms with Gasteiger partial charge in [0.15, 0.2) is 6.29 Å². The molecule has 1 aromatic rings. The van der Waals surface area contributed by atoms with E-state index in [-0.39, 0.29) is 6.61 Å². The number of aryl methyl sites for hydroxylation is 1. The molecule has 4 nitrogen and oxygen atoms in total. The third-order valence-electron chi connectivity index (χ3n) is 4.18. The number of aliphatic hydroxyl groups is 2. The van der Waals surface area contributed by atoms with Crippen LogP contribution in [0, 0.1) is 0 Å². The molecule has 0 aliphatic carbocycles. The van der Waals surface area contributed by atoms with Gasteiger partial charge in [0, 0.05) is 5.56 Å². The lowest BCUT2D eigenvalue weighted by Crippen LogP contribution is -2.34. The molecule has 3 rings (SSSR count). The molecule has 1 aromatic carbocycles. The van der Waals surface area contributed by atoms with Gasteiger partial charge in [0.2, 0.25) is 0 Å². The Kier molecular flexibility index (Phi) is 3.35. The standard InChI is InChI=1S/C15H20O4/c1-3-8-5-9-7-18-15-12(9)13(10(8)4-2)14(17)11(6-16)19-15/h5,11,14-17H,3-4,6-7H2,1-2H3/t11-,14-,15+/m1/s1. The lowest BCUT2D eigenvalue weighted by molar-refractivity contribution is -0.211. The maximum Gasteiger partial charge on any atom is 0.185 e. The average molecular weight is 264 g/mol. The van der Waals surface area contributed by atoms with Crippen LogP contribution in [0.1, 0.15) is 54.1 Å². The molecule has 4 heteroatoms. The largest absolute Gasteiger partial charge is 0.394 e. The second kappa shape index (κ2) is 4.87. The Morgan fingerprint density at radius 2 is 2.05 bits per heavy atom. The van der Waals surface area contributed by atoms with Crippen molar-refractivity contribution >= 4 is 0 Å². The highest BCUT2D eigenvalue weighted by molar-refractivity contribution is 5.50. The fourth-order valence-electron chi connectivity index (χ4n) is 3.27. The van der Waals surface area contributed by atoms with E-state index >= 15 is 0 Å². The lowest BCUT2D eigenvalue weighted by atomic mass is 9.84. The molecule has 19 heavy (non-hydrogen) atoms. The van der Waals surface area contributed by atoms with E-state index in [0.717, 1.165) is 29.5 Å². The Hall–Kier alpha value is -0.940. The second-order valence-electron chi connectivity index (χ2n) is 5.15. The topological polar surface area (TPSA) is 58.9 Å². The third-order valence-corrected chi connectivity index (χ3v) is 4.18. The molecular formula is C15H20O4. The van der Waals surface area contributed by atoms with Gasteiger partial charge in [0.1, 0.15) is 12.2 Å². The van der Waals surface area contributed by atoms with Crippen molar-refractivity contribution in [3.63, 3.8) is 0 Å². The van der Waals surface area contributed by atoms with Crippen molar-refractivity contribution in [2.75, 3.05) is 6.61 Å². The summed E-state index contributed by atoms with van der Waals surface area (Å²) in [4.78, 5) is 0. The van der Waals surface area contributed by atoms with E-state index in [9.17, 15) is 10.2 Å². The van der Waals surface area contributed by atoms with Crippen LogP contribution in [0.15, 0.2) is 6.07 Å². The molecule has 0 saturated carbocycles. The molecule has 2 aliphatic rings. The number of ether oxygens (including phenoxy) is 2. The quantitative estimate of drug-likeness (QED) is 0.873. The van der Waals surface area contributed by atoms with Crippen LogP contribution in [0.5, 0.6) is 0 Å². The number of hydrogen-bond donors (Lipinski definition) is 2. The number of benzene rings is 1. The van der Waals surface area contributed by atoms with Crippen LogP contribution in [0.4, 0.5) is 0 Å². The van der Waals surface area contributed by atoms with Gasteiger partial charge in [-0.15, -0.1) is 0 Å². The summed E-state index contributed by atoms with van der Waals surface area (Å²) in [5.74, 6) is 0. The fraction of sp³-hybridized carbons (Fsp3) is 0.600. The molecule has 0 spiro atoms. The number of rotatable bonds is 3. The van der Waals surface area contributed by atoms with E-state index in [1.54, 1.807) is 0 Å². The van der Waals surface area contributed by atoms with Crippen LogP contribution in [0.2, 0.25) is 0 Å². The van der Waals surface area contributed by atoms with Gasteiger partial charge in [0.05, 0.1) is 13.2 Å². The highest BCUT2D eigenvalue weighted by Gasteiger charge is 2.41. The highest BCUT2D eigenvalue weighted by atomic mass is 16.7. The van der Waals surface area contributed by atoms with Crippen LogP contribution in [0.25, 0.3) is 0 Å². The van der Waals surface area contributed by atoms with Crippen LogP contribution < -0.4 is 0 Å². The van der Waals surface area contributed by atoms with Gasteiger partial charge in [-0.25, -0.2) is 0 Å². The summed E-state index contributed by atoms with van der Waals surface area (Å²) in [6.07, 6.45) is 0.0138. The summed E-state index contributed by atoms with van der Waals surface area (Å²) in [5, 5.41) is 19.8. The molecule has 2 heterocycles. The molecule has 0 amide bonds. The first kappa shape index (κ1) is 13.1. The third kappa shape index (κ3) is 1.82. The first-order chi connectivity index (χ1) is 9.21. The molecule has 0 bridgehead atoms. The normalized spacial score (nSPS) is 28.5. The van der Waals surface area contributed by atoms with E-state index in [1.807, 2.05) is 0 Å². The van der Waals surface area contributed by atoms with Gasteiger partial charge in [-0.1, -0.05) is 19.9 Å². The Bertz CT molecular complexity index is 497. The molecule has 2 N–H and O–H groups in total. The Morgan fingerprint density at radius 3 is 2.68 bits per heavy atom. The van der Waals surface area contributed by atoms with Crippen LogP contribution in [-0.4, -0.2) is 22.9 Å². The van der Waals surface area contributed by atoms with Crippen LogP contribution in [-0.2, 0) is 28.9 Å². The Balaban J connectivity index is 2.22. The maximum atomic E-state index is 10.5. The van der Waals surface area contributed by atoms with Gasteiger partial charge < -0.3 is 19.7 Å². The predicted octanol–water partition coefficient (Wildman–Crippen LogP) is 1.76. The smallest absolute Gasteiger partial charge is 0.185 e. The van der Waals surface area contributed by atoms with Gasteiger partial charge in [-0.05, 0) is 35.1 Å². The van der Waals surface area contributed by atoms with Crippen molar-refractivity contribution in [1.29, 1.82) is 0 Å². The zero-order valence-corrected chi connectivity index (χ0v) is 11.3. The van der Waals surface area contributed by atoms with Crippen molar-refractivity contribution < 1.29 is 19.7 Å². The Morgan fingerprint density at radius 1 is 1.26 bits per heavy atom. The van der Waals surface area contributed by atoms with Gasteiger partial charge in [-0.2, -0.15) is 0 Å². The SMILES string of the molecule is CCc1cc2c3c(c1CC)[C@H](O)[C@@H](CO)O[C@@H]3OC2.